The zero-order valence-corrected chi connectivity index (χ0v) is 17.1. The molecular formula is C20H22Cl2N2OS. The van der Waals surface area contributed by atoms with Gasteiger partial charge in [-0.1, -0.05) is 60.5 Å². The average Bonchev–Trinajstić information content (AvgIpc) is 2.68. The summed E-state index contributed by atoms with van der Waals surface area (Å²) in [6.07, 6.45) is 0. The third-order valence-corrected chi connectivity index (χ3v) is 5.82. The number of rotatable bonds is 5. The molecule has 6 heteroatoms. The summed E-state index contributed by atoms with van der Waals surface area (Å²) < 4.78 is 6.05. The van der Waals surface area contributed by atoms with Crippen LogP contribution in [0.3, 0.4) is 0 Å². The lowest BCUT2D eigenvalue weighted by molar-refractivity contribution is 0.191. The molecule has 1 aliphatic heterocycles. The van der Waals surface area contributed by atoms with Crippen LogP contribution in [0.4, 0.5) is 0 Å². The van der Waals surface area contributed by atoms with Crippen LogP contribution in [0.25, 0.3) is 0 Å². The van der Waals surface area contributed by atoms with Crippen LogP contribution < -0.4 is 4.74 Å². The van der Waals surface area contributed by atoms with E-state index in [1.165, 1.54) is 0 Å². The zero-order valence-electron chi connectivity index (χ0n) is 14.8. The zero-order chi connectivity index (χ0) is 18.5. The van der Waals surface area contributed by atoms with Gasteiger partial charge in [-0.05, 0) is 36.4 Å². The SMILES string of the molecule is CCN1CCN(C(=S)c2ccccc2OCc2ccc(Cl)c(Cl)c2)CC1. The summed E-state index contributed by atoms with van der Waals surface area (Å²) in [7, 11) is 0. The Morgan fingerprint density at radius 1 is 1.04 bits per heavy atom. The molecule has 0 saturated carbocycles. The predicted molar refractivity (Wildman–Crippen MR) is 113 cm³/mol. The van der Waals surface area contributed by atoms with Crippen LogP contribution in [-0.2, 0) is 6.61 Å². The van der Waals surface area contributed by atoms with Crippen LogP contribution in [0.5, 0.6) is 5.75 Å². The van der Waals surface area contributed by atoms with Gasteiger partial charge in [0.1, 0.15) is 17.3 Å². The van der Waals surface area contributed by atoms with E-state index < -0.39 is 0 Å². The monoisotopic (exact) mass is 408 g/mol. The van der Waals surface area contributed by atoms with Gasteiger partial charge in [0.05, 0.1) is 15.6 Å². The maximum atomic E-state index is 6.08. The summed E-state index contributed by atoms with van der Waals surface area (Å²) in [4.78, 5) is 5.56. The highest BCUT2D eigenvalue weighted by atomic mass is 35.5. The Morgan fingerprint density at radius 3 is 2.46 bits per heavy atom. The van der Waals surface area contributed by atoms with E-state index in [4.69, 9.17) is 40.2 Å². The molecule has 2 aromatic carbocycles. The first-order valence-electron chi connectivity index (χ1n) is 8.76. The van der Waals surface area contributed by atoms with Gasteiger partial charge in [0.15, 0.2) is 0 Å². The van der Waals surface area contributed by atoms with E-state index in [1.807, 2.05) is 36.4 Å². The molecule has 3 rings (SSSR count). The van der Waals surface area contributed by atoms with Crippen LogP contribution in [0, 0.1) is 0 Å². The molecule has 1 heterocycles. The quantitative estimate of drug-likeness (QED) is 0.654. The van der Waals surface area contributed by atoms with Crippen molar-refractivity contribution in [1.82, 2.24) is 9.80 Å². The molecule has 0 amide bonds. The van der Waals surface area contributed by atoms with Crippen molar-refractivity contribution >= 4 is 40.4 Å². The third-order valence-electron chi connectivity index (χ3n) is 4.60. The minimum atomic E-state index is 0.417. The van der Waals surface area contributed by atoms with Crippen molar-refractivity contribution < 1.29 is 4.74 Å². The highest BCUT2D eigenvalue weighted by Gasteiger charge is 2.20. The molecule has 1 aliphatic rings. The van der Waals surface area contributed by atoms with Crippen molar-refractivity contribution in [3.8, 4) is 5.75 Å². The first-order valence-corrected chi connectivity index (χ1v) is 9.92. The summed E-state index contributed by atoms with van der Waals surface area (Å²) in [5.74, 6) is 0.793. The summed E-state index contributed by atoms with van der Waals surface area (Å²) >= 11 is 17.8. The van der Waals surface area contributed by atoms with Crippen molar-refractivity contribution in [3.63, 3.8) is 0 Å². The Balaban J connectivity index is 1.69. The Morgan fingerprint density at radius 2 is 1.77 bits per heavy atom. The Kier molecular flexibility index (Phi) is 6.76. The Bertz CT molecular complexity index is 776. The van der Waals surface area contributed by atoms with E-state index in [9.17, 15) is 0 Å². The van der Waals surface area contributed by atoms with E-state index in [2.05, 4.69) is 16.7 Å². The van der Waals surface area contributed by atoms with E-state index >= 15 is 0 Å². The molecule has 0 N–H and O–H groups in total. The lowest BCUT2D eigenvalue weighted by Gasteiger charge is -2.36. The second kappa shape index (κ2) is 9.05. The molecule has 0 atom stereocenters. The van der Waals surface area contributed by atoms with Gasteiger partial charge in [0.2, 0.25) is 0 Å². The Labute approximate surface area is 170 Å². The third kappa shape index (κ3) is 4.68. The first-order chi connectivity index (χ1) is 12.6. The second-order valence-corrected chi connectivity index (χ2v) is 7.46. The van der Waals surface area contributed by atoms with Gasteiger partial charge in [0, 0.05) is 26.2 Å². The smallest absolute Gasteiger partial charge is 0.130 e. The fourth-order valence-electron chi connectivity index (χ4n) is 3.00. The lowest BCUT2D eigenvalue weighted by Crippen LogP contribution is -2.48. The fraction of sp³-hybridized carbons (Fsp3) is 0.350. The van der Waals surface area contributed by atoms with Gasteiger partial charge in [-0.25, -0.2) is 0 Å². The molecule has 0 unspecified atom stereocenters. The number of piperazine rings is 1. The molecule has 0 spiro atoms. The summed E-state index contributed by atoms with van der Waals surface area (Å²) in [6, 6.07) is 13.5. The van der Waals surface area contributed by atoms with Gasteiger partial charge in [0.25, 0.3) is 0 Å². The van der Waals surface area contributed by atoms with Gasteiger partial charge < -0.3 is 14.5 Å². The summed E-state index contributed by atoms with van der Waals surface area (Å²) in [6.45, 7) is 7.69. The number of benzene rings is 2. The van der Waals surface area contributed by atoms with Crippen molar-refractivity contribution in [2.45, 2.75) is 13.5 Å². The van der Waals surface area contributed by atoms with Crippen molar-refractivity contribution in [1.29, 1.82) is 0 Å². The van der Waals surface area contributed by atoms with E-state index in [0.29, 0.717) is 16.7 Å². The minimum Gasteiger partial charge on any atom is -0.488 e. The van der Waals surface area contributed by atoms with Gasteiger partial charge in [-0.2, -0.15) is 0 Å². The Hall–Kier alpha value is -1.33. The topological polar surface area (TPSA) is 15.7 Å². The van der Waals surface area contributed by atoms with E-state index in [0.717, 1.165) is 54.6 Å². The number of ether oxygens (including phenoxy) is 1. The first kappa shape index (κ1) is 19.4. The molecule has 0 radical (unpaired) electrons. The number of hydrogen-bond donors (Lipinski definition) is 0. The van der Waals surface area contributed by atoms with Crippen LogP contribution in [0.15, 0.2) is 42.5 Å². The number of para-hydroxylation sites is 1. The summed E-state index contributed by atoms with van der Waals surface area (Å²) in [5, 5.41) is 1.08. The van der Waals surface area contributed by atoms with Crippen LogP contribution >= 0.6 is 35.4 Å². The van der Waals surface area contributed by atoms with E-state index in [1.54, 1.807) is 6.07 Å². The van der Waals surface area contributed by atoms with Crippen molar-refractivity contribution in [2.75, 3.05) is 32.7 Å². The van der Waals surface area contributed by atoms with Gasteiger partial charge in [-0.3, -0.25) is 0 Å². The van der Waals surface area contributed by atoms with Gasteiger partial charge >= 0.3 is 0 Å². The molecular weight excluding hydrogens is 387 g/mol. The fourth-order valence-corrected chi connectivity index (χ4v) is 3.67. The predicted octanol–water partition coefficient (Wildman–Crippen LogP) is 4.89. The average molecular weight is 409 g/mol. The molecule has 2 aromatic rings. The second-order valence-electron chi connectivity index (χ2n) is 6.26. The molecule has 26 heavy (non-hydrogen) atoms. The number of hydrogen-bond acceptors (Lipinski definition) is 3. The number of likely N-dealkylation sites (N-methyl/N-ethyl adjacent to an activating group) is 1. The standard InChI is InChI=1S/C20H22Cl2N2OS/c1-2-23-9-11-24(12-10-23)20(26)16-5-3-4-6-19(16)25-14-15-7-8-17(21)18(22)13-15/h3-8,13H,2,9-12,14H2,1H3. The molecule has 1 saturated heterocycles. The summed E-state index contributed by atoms with van der Waals surface area (Å²) in [5.41, 5.74) is 1.93. The number of nitrogens with zero attached hydrogens (tertiary/aromatic N) is 2. The van der Waals surface area contributed by atoms with E-state index in [-0.39, 0.29) is 0 Å². The lowest BCUT2D eigenvalue weighted by atomic mass is 10.1. The molecule has 0 aromatic heterocycles. The highest BCUT2D eigenvalue weighted by molar-refractivity contribution is 7.80. The number of thiocarbonyl (C=S) groups is 1. The maximum Gasteiger partial charge on any atom is 0.130 e. The minimum absolute atomic E-state index is 0.417. The van der Waals surface area contributed by atoms with Crippen molar-refractivity contribution in [2.24, 2.45) is 0 Å². The van der Waals surface area contributed by atoms with Crippen molar-refractivity contribution in [3.05, 3.63) is 63.6 Å². The van der Waals surface area contributed by atoms with Crippen LogP contribution in [0.1, 0.15) is 18.1 Å². The molecule has 138 valence electrons. The van der Waals surface area contributed by atoms with Crippen LogP contribution in [-0.4, -0.2) is 47.5 Å². The largest absolute Gasteiger partial charge is 0.488 e. The maximum absolute atomic E-state index is 6.08. The van der Waals surface area contributed by atoms with Gasteiger partial charge in [-0.15, -0.1) is 0 Å². The molecule has 0 aliphatic carbocycles. The molecule has 0 bridgehead atoms. The van der Waals surface area contributed by atoms with Crippen LogP contribution in [0.2, 0.25) is 10.0 Å². The number of halogens is 2. The normalized spacial score (nSPS) is 15.1. The molecule has 1 fully saturated rings. The molecule has 3 nitrogen and oxygen atoms in total. The highest BCUT2D eigenvalue weighted by Crippen LogP contribution is 2.25.